The summed E-state index contributed by atoms with van der Waals surface area (Å²) in [6, 6.07) is 3.63. The Bertz CT molecular complexity index is 488. The van der Waals surface area contributed by atoms with Gasteiger partial charge in [0.25, 0.3) is 0 Å². The summed E-state index contributed by atoms with van der Waals surface area (Å²) in [6.45, 7) is 7.80. The number of pyridine rings is 1. The molecule has 0 spiro atoms. The van der Waals surface area contributed by atoms with Crippen molar-refractivity contribution in [2.24, 2.45) is 0 Å². The van der Waals surface area contributed by atoms with E-state index in [1.54, 1.807) is 12.3 Å². The Morgan fingerprint density at radius 3 is 2.63 bits per heavy atom. The lowest BCUT2D eigenvalue weighted by Crippen LogP contribution is -2.62. The van der Waals surface area contributed by atoms with Crippen LogP contribution in [0.25, 0.3) is 0 Å². The highest BCUT2D eigenvalue weighted by atomic mass is 16.6. The van der Waals surface area contributed by atoms with Crippen molar-refractivity contribution >= 4 is 6.09 Å². The molecule has 104 valence electrons. The van der Waals surface area contributed by atoms with E-state index < -0.39 is 17.3 Å². The number of amides is 1. The third-order valence-corrected chi connectivity index (χ3v) is 3.06. The van der Waals surface area contributed by atoms with Crippen LogP contribution in [0.3, 0.4) is 0 Å². The molecule has 0 aliphatic carbocycles. The molecular weight excluding hydrogens is 244 g/mol. The highest BCUT2D eigenvalue weighted by Crippen LogP contribution is 2.33. The number of β-amino-alcohol motifs (C(OH)–C–C–N with tert-alkyl or cyclic N) is 1. The molecule has 5 nitrogen and oxygen atoms in total. The van der Waals surface area contributed by atoms with E-state index in [1.807, 2.05) is 33.8 Å². The van der Waals surface area contributed by atoms with Gasteiger partial charge in [-0.25, -0.2) is 4.79 Å². The smallest absolute Gasteiger partial charge is 0.410 e. The molecule has 1 N–H and O–H groups in total. The molecule has 1 saturated heterocycles. The normalized spacial score (nSPS) is 17.8. The Morgan fingerprint density at radius 1 is 1.47 bits per heavy atom. The summed E-state index contributed by atoms with van der Waals surface area (Å²) in [5.41, 5.74) is 0.0354. The molecule has 2 heterocycles. The van der Waals surface area contributed by atoms with Gasteiger partial charge < -0.3 is 14.7 Å². The van der Waals surface area contributed by atoms with E-state index in [0.717, 1.165) is 11.3 Å². The molecule has 0 saturated carbocycles. The topological polar surface area (TPSA) is 62.7 Å². The summed E-state index contributed by atoms with van der Waals surface area (Å²) >= 11 is 0. The number of rotatable bonds is 1. The molecule has 1 aromatic heterocycles. The average molecular weight is 264 g/mol. The van der Waals surface area contributed by atoms with Gasteiger partial charge >= 0.3 is 6.09 Å². The zero-order valence-corrected chi connectivity index (χ0v) is 11.8. The van der Waals surface area contributed by atoms with Crippen molar-refractivity contribution in [3.63, 3.8) is 0 Å². The number of aromatic nitrogens is 1. The summed E-state index contributed by atoms with van der Waals surface area (Å²) in [6.07, 6.45) is 1.30. The number of ether oxygens (including phenoxy) is 1. The maximum atomic E-state index is 11.8. The minimum absolute atomic E-state index is 0.244. The number of likely N-dealkylation sites (tertiary alicyclic amines) is 1. The van der Waals surface area contributed by atoms with Crippen LogP contribution in [0.4, 0.5) is 4.79 Å². The lowest BCUT2D eigenvalue weighted by Gasteiger charge is -2.46. The van der Waals surface area contributed by atoms with E-state index in [-0.39, 0.29) is 13.1 Å². The van der Waals surface area contributed by atoms with Crippen LogP contribution in [0.2, 0.25) is 0 Å². The second-order valence-electron chi connectivity index (χ2n) is 6.00. The maximum absolute atomic E-state index is 11.8. The summed E-state index contributed by atoms with van der Waals surface area (Å²) in [5, 5.41) is 10.5. The van der Waals surface area contributed by atoms with E-state index in [0.29, 0.717) is 0 Å². The van der Waals surface area contributed by atoms with Crippen molar-refractivity contribution in [1.29, 1.82) is 0 Å². The van der Waals surface area contributed by atoms with Crippen LogP contribution in [0.15, 0.2) is 18.3 Å². The molecule has 0 atom stereocenters. The van der Waals surface area contributed by atoms with Crippen molar-refractivity contribution in [1.82, 2.24) is 9.88 Å². The van der Waals surface area contributed by atoms with Crippen molar-refractivity contribution in [2.75, 3.05) is 13.1 Å². The third kappa shape index (κ3) is 2.87. The first-order valence-corrected chi connectivity index (χ1v) is 6.34. The number of hydrogen-bond acceptors (Lipinski definition) is 4. The van der Waals surface area contributed by atoms with Gasteiger partial charge in [-0.1, -0.05) is 6.07 Å². The van der Waals surface area contributed by atoms with E-state index in [2.05, 4.69) is 4.98 Å². The SMILES string of the molecule is Cc1ncccc1C1(O)CN(C(=O)OC(C)(C)C)C1. The molecule has 1 aromatic rings. The molecule has 0 aromatic carbocycles. The van der Waals surface area contributed by atoms with Crippen LogP contribution in [0.5, 0.6) is 0 Å². The van der Waals surface area contributed by atoms with Gasteiger partial charge in [-0.15, -0.1) is 0 Å². The number of aliphatic hydroxyl groups is 1. The molecule has 5 heteroatoms. The molecule has 1 aliphatic heterocycles. The second-order valence-corrected chi connectivity index (χ2v) is 6.00. The molecule has 2 rings (SSSR count). The van der Waals surface area contributed by atoms with Gasteiger partial charge in [0.2, 0.25) is 0 Å². The Labute approximate surface area is 113 Å². The largest absolute Gasteiger partial charge is 0.444 e. The average Bonchev–Trinajstić information content (AvgIpc) is 2.23. The van der Waals surface area contributed by atoms with Crippen LogP contribution >= 0.6 is 0 Å². The number of carbonyl (C=O) groups is 1. The van der Waals surface area contributed by atoms with Gasteiger partial charge in [0.05, 0.1) is 13.1 Å². The van der Waals surface area contributed by atoms with Gasteiger partial charge in [-0.05, 0) is 33.8 Å². The Morgan fingerprint density at radius 2 is 2.11 bits per heavy atom. The first-order valence-electron chi connectivity index (χ1n) is 6.34. The predicted octanol–water partition coefficient (Wildman–Crippen LogP) is 1.83. The molecule has 0 bridgehead atoms. The molecule has 19 heavy (non-hydrogen) atoms. The zero-order chi connectivity index (χ0) is 14.3. The predicted molar refractivity (Wildman–Crippen MR) is 70.7 cm³/mol. The van der Waals surface area contributed by atoms with Crippen LogP contribution in [-0.4, -0.2) is 39.8 Å². The Hall–Kier alpha value is -1.62. The van der Waals surface area contributed by atoms with Gasteiger partial charge in [-0.3, -0.25) is 4.98 Å². The monoisotopic (exact) mass is 264 g/mol. The summed E-state index contributed by atoms with van der Waals surface area (Å²) in [5.74, 6) is 0. The molecule has 1 fully saturated rings. The Balaban J connectivity index is 2.02. The highest BCUT2D eigenvalue weighted by Gasteiger charge is 2.47. The first-order chi connectivity index (χ1) is 8.71. The fourth-order valence-electron chi connectivity index (χ4n) is 2.19. The maximum Gasteiger partial charge on any atom is 0.410 e. The number of carbonyl (C=O) groups excluding carboxylic acids is 1. The van der Waals surface area contributed by atoms with E-state index in [1.165, 1.54) is 4.90 Å². The lowest BCUT2D eigenvalue weighted by atomic mass is 9.85. The summed E-state index contributed by atoms with van der Waals surface area (Å²) in [7, 11) is 0. The fourth-order valence-corrected chi connectivity index (χ4v) is 2.19. The Kier molecular flexibility index (Phi) is 3.26. The fraction of sp³-hybridized carbons (Fsp3) is 0.571. The lowest BCUT2D eigenvalue weighted by molar-refractivity contribution is -0.104. The van der Waals surface area contributed by atoms with Crippen LogP contribution < -0.4 is 0 Å². The molecule has 0 radical (unpaired) electrons. The van der Waals surface area contributed by atoms with E-state index >= 15 is 0 Å². The van der Waals surface area contributed by atoms with E-state index in [9.17, 15) is 9.90 Å². The minimum atomic E-state index is -1.00. The number of hydrogen-bond donors (Lipinski definition) is 1. The molecule has 0 unspecified atom stereocenters. The zero-order valence-electron chi connectivity index (χ0n) is 11.8. The van der Waals surface area contributed by atoms with Crippen LogP contribution in [0, 0.1) is 6.92 Å². The quantitative estimate of drug-likeness (QED) is 0.840. The van der Waals surface area contributed by atoms with Gasteiger partial charge in [-0.2, -0.15) is 0 Å². The highest BCUT2D eigenvalue weighted by molar-refractivity contribution is 5.70. The molecule has 1 amide bonds. The number of aryl methyl sites for hydroxylation is 1. The number of nitrogens with zero attached hydrogens (tertiary/aromatic N) is 2. The summed E-state index contributed by atoms with van der Waals surface area (Å²) in [4.78, 5) is 17.5. The van der Waals surface area contributed by atoms with Crippen molar-refractivity contribution in [3.8, 4) is 0 Å². The first kappa shape index (κ1) is 13.8. The standard InChI is InChI=1S/C14H20N2O3/c1-10-11(6-5-7-15-10)14(18)8-16(9-14)12(17)19-13(2,3)4/h5-7,18H,8-9H2,1-4H3. The molecular formula is C14H20N2O3. The molecule has 1 aliphatic rings. The van der Waals surface area contributed by atoms with Crippen molar-refractivity contribution in [3.05, 3.63) is 29.6 Å². The van der Waals surface area contributed by atoms with Gasteiger partial charge in [0.15, 0.2) is 0 Å². The van der Waals surface area contributed by atoms with Gasteiger partial charge in [0, 0.05) is 17.5 Å². The van der Waals surface area contributed by atoms with Crippen LogP contribution in [-0.2, 0) is 10.3 Å². The van der Waals surface area contributed by atoms with Crippen LogP contribution in [0.1, 0.15) is 32.0 Å². The van der Waals surface area contributed by atoms with Crippen molar-refractivity contribution in [2.45, 2.75) is 38.9 Å². The van der Waals surface area contributed by atoms with Gasteiger partial charge in [0.1, 0.15) is 11.2 Å². The second kappa shape index (κ2) is 4.49. The van der Waals surface area contributed by atoms with Crippen molar-refractivity contribution < 1.29 is 14.6 Å². The van der Waals surface area contributed by atoms with E-state index in [4.69, 9.17) is 4.74 Å². The third-order valence-electron chi connectivity index (χ3n) is 3.06. The minimum Gasteiger partial charge on any atom is -0.444 e. The summed E-state index contributed by atoms with van der Waals surface area (Å²) < 4.78 is 5.26.